The van der Waals surface area contributed by atoms with Gasteiger partial charge in [0, 0.05) is 0 Å². The van der Waals surface area contributed by atoms with Crippen LogP contribution in [0.3, 0.4) is 0 Å². The molecular weight excluding hydrogens is 228 g/mol. The highest BCUT2D eigenvalue weighted by Crippen LogP contribution is 2.36. The maximum Gasteiger partial charge on any atom is 0.124 e. The Morgan fingerprint density at radius 1 is 0.944 bits per heavy atom. The second-order valence-electron chi connectivity index (χ2n) is 4.53. The number of ether oxygens (including phenoxy) is 1. The number of phenolic OH excluding ortho intramolecular Hbond substituents is 2. The summed E-state index contributed by atoms with van der Waals surface area (Å²) in [5, 5.41) is 18.7. The van der Waals surface area contributed by atoms with Crippen molar-refractivity contribution in [1.82, 2.24) is 0 Å². The molecule has 0 spiro atoms. The molecule has 92 valence electrons. The first kappa shape index (κ1) is 11.0. The summed E-state index contributed by atoms with van der Waals surface area (Å²) in [6, 6.07) is 12.3. The summed E-state index contributed by atoms with van der Waals surface area (Å²) in [5.41, 5.74) is 2.11. The van der Waals surface area contributed by atoms with Gasteiger partial charge in [0.2, 0.25) is 0 Å². The number of aryl methyl sites for hydroxylation is 1. The molecule has 0 bridgehead atoms. The van der Waals surface area contributed by atoms with Crippen LogP contribution in [0.25, 0.3) is 0 Å². The third-order valence-electron chi connectivity index (χ3n) is 3.25. The number of benzene rings is 2. The Kier molecular flexibility index (Phi) is 2.59. The van der Waals surface area contributed by atoms with Gasteiger partial charge in [0.1, 0.15) is 23.4 Å². The smallest absolute Gasteiger partial charge is 0.124 e. The van der Waals surface area contributed by atoms with Gasteiger partial charge in [-0.3, -0.25) is 0 Å². The van der Waals surface area contributed by atoms with Crippen LogP contribution in [0.4, 0.5) is 0 Å². The minimum absolute atomic E-state index is 0.0163. The number of rotatable bonds is 1. The molecule has 1 heterocycles. The van der Waals surface area contributed by atoms with E-state index < -0.39 is 0 Å². The Morgan fingerprint density at radius 3 is 2.44 bits per heavy atom. The molecule has 3 heteroatoms. The van der Waals surface area contributed by atoms with Crippen molar-refractivity contribution in [3.63, 3.8) is 0 Å². The molecule has 0 aliphatic carbocycles. The minimum atomic E-state index is 0.0163. The van der Waals surface area contributed by atoms with Crippen LogP contribution in [0.2, 0.25) is 0 Å². The van der Waals surface area contributed by atoms with Gasteiger partial charge < -0.3 is 14.9 Å². The molecule has 0 saturated carbocycles. The van der Waals surface area contributed by atoms with E-state index in [1.54, 1.807) is 30.3 Å². The lowest BCUT2D eigenvalue weighted by molar-refractivity contribution is 0.176. The van der Waals surface area contributed by atoms with Gasteiger partial charge in [-0.05, 0) is 54.3 Å². The molecule has 1 aliphatic heterocycles. The van der Waals surface area contributed by atoms with E-state index in [1.807, 2.05) is 12.1 Å². The molecule has 2 aromatic carbocycles. The first-order valence-electron chi connectivity index (χ1n) is 6.00. The molecule has 3 rings (SSSR count). The lowest BCUT2D eigenvalue weighted by Crippen LogP contribution is -2.14. The summed E-state index contributed by atoms with van der Waals surface area (Å²) in [6.07, 6.45) is 1.78. The third-order valence-corrected chi connectivity index (χ3v) is 3.25. The second kappa shape index (κ2) is 4.26. The van der Waals surface area contributed by atoms with Crippen LogP contribution in [-0.4, -0.2) is 10.2 Å². The van der Waals surface area contributed by atoms with Crippen LogP contribution in [0.1, 0.15) is 23.7 Å². The summed E-state index contributed by atoms with van der Waals surface area (Å²) < 4.78 is 5.92. The van der Waals surface area contributed by atoms with Crippen molar-refractivity contribution < 1.29 is 14.9 Å². The Balaban J connectivity index is 1.86. The fourth-order valence-electron chi connectivity index (χ4n) is 2.30. The summed E-state index contributed by atoms with van der Waals surface area (Å²) in [4.78, 5) is 0. The predicted molar refractivity (Wildman–Crippen MR) is 67.9 cm³/mol. The molecule has 18 heavy (non-hydrogen) atoms. The van der Waals surface area contributed by atoms with E-state index in [9.17, 15) is 10.2 Å². The van der Waals surface area contributed by atoms with Crippen LogP contribution in [0.5, 0.6) is 17.2 Å². The molecule has 1 atom stereocenters. The molecule has 0 amide bonds. The molecular formula is C15H14O3. The van der Waals surface area contributed by atoms with Gasteiger partial charge in [-0.1, -0.05) is 12.1 Å². The molecule has 2 aromatic rings. The van der Waals surface area contributed by atoms with Crippen molar-refractivity contribution in [1.29, 1.82) is 0 Å². The highest BCUT2D eigenvalue weighted by Gasteiger charge is 2.21. The zero-order valence-corrected chi connectivity index (χ0v) is 9.84. The van der Waals surface area contributed by atoms with Crippen LogP contribution in [0.15, 0.2) is 42.5 Å². The van der Waals surface area contributed by atoms with Gasteiger partial charge in [0.25, 0.3) is 0 Å². The van der Waals surface area contributed by atoms with E-state index in [1.165, 1.54) is 0 Å². The molecule has 1 aliphatic rings. The average Bonchev–Trinajstić information content (AvgIpc) is 2.39. The first-order valence-corrected chi connectivity index (χ1v) is 6.00. The van der Waals surface area contributed by atoms with Crippen molar-refractivity contribution in [3.8, 4) is 17.2 Å². The molecule has 0 radical (unpaired) electrons. The number of phenols is 2. The quantitative estimate of drug-likeness (QED) is 0.807. The Bertz CT molecular complexity index is 560. The molecule has 2 N–H and O–H groups in total. The minimum Gasteiger partial charge on any atom is -0.508 e. The summed E-state index contributed by atoms with van der Waals surface area (Å²) >= 11 is 0. The monoisotopic (exact) mass is 242 g/mol. The average molecular weight is 242 g/mol. The normalized spacial score (nSPS) is 17.9. The maximum atomic E-state index is 9.42. The van der Waals surface area contributed by atoms with E-state index in [4.69, 9.17) is 4.74 Å². The Labute approximate surface area is 105 Å². The summed E-state index contributed by atoms with van der Waals surface area (Å²) in [6.45, 7) is 0. The molecule has 0 aromatic heterocycles. The van der Waals surface area contributed by atoms with Crippen molar-refractivity contribution in [2.24, 2.45) is 0 Å². The van der Waals surface area contributed by atoms with Crippen molar-refractivity contribution in [2.45, 2.75) is 18.9 Å². The van der Waals surface area contributed by atoms with Gasteiger partial charge in [0.05, 0.1) is 0 Å². The van der Waals surface area contributed by atoms with Gasteiger partial charge >= 0.3 is 0 Å². The lowest BCUT2D eigenvalue weighted by Gasteiger charge is -2.26. The largest absolute Gasteiger partial charge is 0.508 e. The fraction of sp³-hybridized carbons (Fsp3) is 0.200. The zero-order valence-electron chi connectivity index (χ0n) is 9.84. The second-order valence-corrected chi connectivity index (χ2v) is 4.53. The topological polar surface area (TPSA) is 49.7 Å². The third kappa shape index (κ3) is 1.99. The van der Waals surface area contributed by atoms with E-state index >= 15 is 0 Å². The molecule has 3 nitrogen and oxygen atoms in total. The van der Waals surface area contributed by atoms with E-state index in [2.05, 4.69) is 0 Å². The molecule has 0 fully saturated rings. The number of fused-ring (bicyclic) bond motifs is 1. The SMILES string of the molecule is Oc1ccc([C@@H]2CCc3cc(O)ccc3O2)cc1. The van der Waals surface area contributed by atoms with E-state index in [0.717, 1.165) is 29.7 Å². The first-order chi connectivity index (χ1) is 8.72. The van der Waals surface area contributed by atoms with Gasteiger partial charge in [0.15, 0.2) is 0 Å². The fourth-order valence-corrected chi connectivity index (χ4v) is 2.30. The summed E-state index contributed by atoms with van der Waals surface area (Å²) in [7, 11) is 0. The number of aromatic hydroxyl groups is 2. The van der Waals surface area contributed by atoms with Crippen molar-refractivity contribution in [2.75, 3.05) is 0 Å². The van der Waals surface area contributed by atoms with E-state index in [-0.39, 0.29) is 17.6 Å². The standard InChI is InChI=1S/C15H14O3/c16-12-4-1-10(2-5-12)14-7-3-11-9-13(17)6-8-15(11)18-14/h1-2,4-6,8-9,14,16-17H,3,7H2/t14-/m0/s1. The predicted octanol–water partition coefficient (Wildman–Crippen LogP) is 3.16. The summed E-state index contributed by atoms with van der Waals surface area (Å²) in [5.74, 6) is 1.37. The maximum absolute atomic E-state index is 9.42. The van der Waals surface area contributed by atoms with Crippen LogP contribution < -0.4 is 4.74 Å². The number of hydrogen-bond donors (Lipinski definition) is 2. The van der Waals surface area contributed by atoms with Crippen LogP contribution in [-0.2, 0) is 6.42 Å². The van der Waals surface area contributed by atoms with Gasteiger partial charge in [-0.15, -0.1) is 0 Å². The van der Waals surface area contributed by atoms with Crippen molar-refractivity contribution >= 4 is 0 Å². The van der Waals surface area contributed by atoms with Crippen LogP contribution in [0, 0.1) is 0 Å². The Hall–Kier alpha value is -2.16. The highest BCUT2D eigenvalue weighted by atomic mass is 16.5. The lowest BCUT2D eigenvalue weighted by atomic mass is 9.97. The van der Waals surface area contributed by atoms with Crippen molar-refractivity contribution in [3.05, 3.63) is 53.6 Å². The highest BCUT2D eigenvalue weighted by molar-refractivity contribution is 5.42. The van der Waals surface area contributed by atoms with Gasteiger partial charge in [-0.25, -0.2) is 0 Å². The van der Waals surface area contributed by atoms with Crippen LogP contribution >= 0.6 is 0 Å². The van der Waals surface area contributed by atoms with E-state index in [0.29, 0.717) is 0 Å². The molecule has 0 unspecified atom stereocenters. The Morgan fingerprint density at radius 2 is 1.67 bits per heavy atom. The van der Waals surface area contributed by atoms with Gasteiger partial charge in [-0.2, -0.15) is 0 Å². The number of hydrogen-bond acceptors (Lipinski definition) is 3. The molecule has 0 saturated heterocycles. The zero-order chi connectivity index (χ0) is 12.5.